The summed E-state index contributed by atoms with van der Waals surface area (Å²) in [5, 5.41) is 3.34. The Kier molecular flexibility index (Phi) is 5.43. The van der Waals surface area contributed by atoms with Crippen molar-refractivity contribution >= 4 is 5.96 Å². The van der Waals surface area contributed by atoms with Gasteiger partial charge in [-0.25, -0.2) is 4.98 Å². The van der Waals surface area contributed by atoms with E-state index in [9.17, 15) is 0 Å². The number of rotatable bonds is 6. The molecule has 6 heteroatoms. The molecule has 0 saturated carbocycles. The molecule has 0 atom stereocenters. The minimum Gasteiger partial charge on any atom is -0.357 e. The van der Waals surface area contributed by atoms with Crippen molar-refractivity contribution in [3.05, 3.63) is 42.7 Å². The summed E-state index contributed by atoms with van der Waals surface area (Å²) in [6.07, 6.45) is 7.62. The van der Waals surface area contributed by atoms with Crippen molar-refractivity contribution in [3.63, 3.8) is 0 Å². The van der Waals surface area contributed by atoms with E-state index >= 15 is 0 Å². The second-order valence-corrected chi connectivity index (χ2v) is 5.00. The topological polar surface area (TPSA) is 50.4 Å². The molecular formula is C15H24N6. The van der Waals surface area contributed by atoms with Crippen LogP contribution in [-0.4, -0.2) is 45.1 Å². The van der Waals surface area contributed by atoms with Gasteiger partial charge in [-0.3, -0.25) is 4.99 Å². The van der Waals surface area contributed by atoms with Gasteiger partial charge < -0.3 is 19.4 Å². The highest BCUT2D eigenvalue weighted by atomic mass is 15.3. The standard InChI is InChI=1S/C15H24N6/c1-4-17-15(18-8-11-21-10-7-16-13-21)20(3)12-14-6-5-9-19(14)2/h5-7,9-10,13H,4,8,11-12H2,1-3H3,(H,17,18). The maximum atomic E-state index is 4.67. The van der Waals surface area contributed by atoms with Crippen molar-refractivity contribution in [1.29, 1.82) is 0 Å². The van der Waals surface area contributed by atoms with Crippen molar-refractivity contribution in [1.82, 2.24) is 24.3 Å². The van der Waals surface area contributed by atoms with Gasteiger partial charge in [0.1, 0.15) is 0 Å². The van der Waals surface area contributed by atoms with Gasteiger partial charge in [0, 0.05) is 51.5 Å². The van der Waals surface area contributed by atoms with E-state index in [1.165, 1.54) is 5.69 Å². The zero-order chi connectivity index (χ0) is 15.1. The Labute approximate surface area is 126 Å². The molecule has 1 N–H and O–H groups in total. The first-order chi connectivity index (χ1) is 10.2. The maximum absolute atomic E-state index is 4.67. The molecule has 0 spiro atoms. The quantitative estimate of drug-likeness (QED) is 0.644. The predicted molar refractivity (Wildman–Crippen MR) is 85.1 cm³/mol. The van der Waals surface area contributed by atoms with Crippen LogP contribution in [0.4, 0.5) is 0 Å². The first kappa shape index (κ1) is 15.2. The zero-order valence-electron chi connectivity index (χ0n) is 13.0. The van der Waals surface area contributed by atoms with Crippen LogP contribution in [0.1, 0.15) is 12.6 Å². The fourth-order valence-corrected chi connectivity index (χ4v) is 2.14. The molecule has 0 fully saturated rings. The normalized spacial score (nSPS) is 11.7. The Morgan fingerprint density at radius 2 is 2.29 bits per heavy atom. The molecule has 2 aromatic heterocycles. The minimum atomic E-state index is 0.732. The highest BCUT2D eigenvalue weighted by Gasteiger charge is 2.07. The average molecular weight is 288 g/mol. The van der Waals surface area contributed by atoms with Gasteiger partial charge in [-0.15, -0.1) is 0 Å². The average Bonchev–Trinajstić information content (AvgIpc) is 3.10. The van der Waals surface area contributed by atoms with Gasteiger partial charge in [0.25, 0.3) is 0 Å². The van der Waals surface area contributed by atoms with Crippen LogP contribution in [0.15, 0.2) is 42.0 Å². The van der Waals surface area contributed by atoms with E-state index in [0.29, 0.717) is 0 Å². The van der Waals surface area contributed by atoms with Crippen LogP contribution in [0.2, 0.25) is 0 Å². The van der Waals surface area contributed by atoms with Crippen LogP contribution in [0, 0.1) is 0 Å². The number of aliphatic imine (C=N–C) groups is 1. The van der Waals surface area contributed by atoms with Crippen LogP contribution < -0.4 is 5.32 Å². The number of imidazole rings is 1. The van der Waals surface area contributed by atoms with Crippen molar-refractivity contribution in [2.75, 3.05) is 20.1 Å². The Hall–Kier alpha value is -2.24. The fourth-order valence-electron chi connectivity index (χ4n) is 2.14. The number of nitrogens with one attached hydrogen (secondary N) is 1. The lowest BCUT2D eigenvalue weighted by Crippen LogP contribution is -2.39. The summed E-state index contributed by atoms with van der Waals surface area (Å²) in [5.74, 6) is 0.929. The molecule has 114 valence electrons. The molecule has 2 heterocycles. The summed E-state index contributed by atoms with van der Waals surface area (Å²) in [7, 11) is 4.12. The first-order valence-electron chi connectivity index (χ1n) is 7.26. The van der Waals surface area contributed by atoms with Gasteiger partial charge in [-0.1, -0.05) is 0 Å². The second-order valence-electron chi connectivity index (χ2n) is 5.00. The molecule has 0 unspecified atom stereocenters. The molecule has 0 saturated heterocycles. The van der Waals surface area contributed by atoms with Crippen molar-refractivity contribution < 1.29 is 0 Å². The monoisotopic (exact) mass is 288 g/mol. The van der Waals surface area contributed by atoms with Gasteiger partial charge in [0.15, 0.2) is 5.96 Å². The van der Waals surface area contributed by atoms with E-state index in [2.05, 4.69) is 64.1 Å². The van der Waals surface area contributed by atoms with Crippen molar-refractivity contribution in [2.24, 2.45) is 12.0 Å². The summed E-state index contributed by atoms with van der Waals surface area (Å²) in [6, 6.07) is 4.19. The van der Waals surface area contributed by atoms with Crippen LogP contribution in [0.25, 0.3) is 0 Å². The third-order valence-electron chi connectivity index (χ3n) is 3.33. The summed E-state index contributed by atoms with van der Waals surface area (Å²) >= 11 is 0. The largest absolute Gasteiger partial charge is 0.357 e. The lowest BCUT2D eigenvalue weighted by molar-refractivity contribution is 0.461. The van der Waals surface area contributed by atoms with Gasteiger partial charge in [-0.2, -0.15) is 0 Å². The van der Waals surface area contributed by atoms with E-state index in [-0.39, 0.29) is 0 Å². The van der Waals surface area contributed by atoms with E-state index < -0.39 is 0 Å². The first-order valence-corrected chi connectivity index (χ1v) is 7.26. The molecular weight excluding hydrogens is 264 g/mol. The molecule has 0 aliphatic carbocycles. The second kappa shape index (κ2) is 7.52. The number of hydrogen-bond donors (Lipinski definition) is 1. The van der Waals surface area contributed by atoms with E-state index in [0.717, 1.165) is 32.1 Å². The number of aryl methyl sites for hydroxylation is 1. The van der Waals surface area contributed by atoms with Gasteiger partial charge >= 0.3 is 0 Å². The van der Waals surface area contributed by atoms with Crippen LogP contribution >= 0.6 is 0 Å². The van der Waals surface area contributed by atoms with E-state index in [1.54, 1.807) is 6.20 Å². The van der Waals surface area contributed by atoms with Gasteiger partial charge in [0.2, 0.25) is 0 Å². The van der Waals surface area contributed by atoms with Gasteiger partial charge in [0.05, 0.1) is 19.4 Å². The molecule has 0 aliphatic rings. The third kappa shape index (κ3) is 4.37. The summed E-state index contributed by atoms with van der Waals surface area (Å²) in [6.45, 7) is 5.35. The number of nitrogens with zero attached hydrogens (tertiary/aromatic N) is 5. The Morgan fingerprint density at radius 3 is 2.90 bits per heavy atom. The Bertz CT molecular complexity index is 554. The van der Waals surface area contributed by atoms with Crippen LogP contribution in [0.3, 0.4) is 0 Å². The molecule has 0 radical (unpaired) electrons. The van der Waals surface area contributed by atoms with E-state index in [4.69, 9.17) is 0 Å². The lowest BCUT2D eigenvalue weighted by Gasteiger charge is -2.22. The molecule has 0 aromatic carbocycles. The van der Waals surface area contributed by atoms with Gasteiger partial charge in [-0.05, 0) is 19.1 Å². The maximum Gasteiger partial charge on any atom is 0.194 e. The third-order valence-corrected chi connectivity index (χ3v) is 3.33. The minimum absolute atomic E-state index is 0.732. The molecule has 0 amide bonds. The number of aromatic nitrogens is 3. The summed E-state index contributed by atoms with van der Waals surface area (Å²) in [5.41, 5.74) is 1.26. The Balaban J connectivity index is 1.94. The fraction of sp³-hybridized carbons (Fsp3) is 0.467. The molecule has 0 bridgehead atoms. The molecule has 2 rings (SSSR count). The highest BCUT2D eigenvalue weighted by molar-refractivity contribution is 5.79. The Morgan fingerprint density at radius 1 is 1.43 bits per heavy atom. The molecule has 21 heavy (non-hydrogen) atoms. The highest BCUT2D eigenvalue weighted by Crippen LogP contribution is 2.03. The van der Waals surface area contributed by atoms with E-state index in [1.807, 2.05) is 17.1 Å². The molecule has 0 aliphatic heterocycles. The van der Waals surface area contributed by atoms with Crippen LogP contribution in [0.5, 0.6) is 0 Å². The summed E-state index contributed by atoms with van der Waals surface area (Å²) < 4.78 is 4.16. The molecule has 2 aromatic rings. The zero-order valence-corrected chi connectivity index (χ0v) is 13.0. The number of hydrogen-bond acceptors (Lipinski definition) is 2. The van der Waals surface area contributed by atoms with Crippen molar-refractivity contribution in [3.8, 4) is 0 Å². The van der Waals surface area contributed by atoms with Crippen LogP contribution in [-0.2, 0) is 20.1 Å². The van der Waals surface area contributed by atoms with Crippen molar-refractivity contribution in [2.45, 2.75) is 20.0 Å². The smallest absolute Gasteiger partial charge is 0.194 e. The SMILES string of the molecule is CCNC(=NCCn1ccnc1)N(C)Cc1cccn1C. The number of guanidine groups is 1. The lowest BCUT2D eigenvalue weighted by atomic mass is 10.4. The predicted octanol–water partition coefficient (Wildman–Crippen LogP) is 1.32. The summed E-state index contributed by atoms with van der Waals surface area (Å²) in [4.78, 5) is 10.9. The molecule has 6 nitrogen and oxygen atoms in total.